The van der Waals surface area contributed by atoms with Crippen molar-refractivity contribution in [3.8, 4) is 0 Å². The molecule has 252 valence electrons. The lowest BCUT2D eigenvalue weighted by molar-refractivity contribution is -0.851. The van der Waals surface area contributed by atoms with Crippen molar-refractivity contribution in [1.82, 2.24) is 0 Å². The summed E-state index contributed by atoms with van der Waals surface area (Å²) in [6, 6.07) is 23.4. The number of aryl methyl sites for hydroxylation is 1. The number of unbranched alkanes of at least 4 members (excludes halogenated alkanes) is 2. The van der Waals surface area contributed by atoms with Crippen LogP contribution in [0.2, 0.25) is 0 Å². The number of hydrogen-bond acceptors (Lipinski definition) is 1. The highest BCUT2D eigenvalue weighted by Crippen LogP contribution is 2.49. The van der Waals surface area contributed by atoms with E-state index >= 15 is 0 Å². The Morgan fingerprint density at radius 2 is 1.49 bits per heavy atom. The summed E-state index contributed by atoms with van der Waals surface area (Å²) < 4.78 is 5.58. The lowest BCUT2D eigenvalue weighted by Gasteiger charge is -2.41. The summed E-state index contributed by atoms with van der Waals surface area (Å²) in [5.74, 6) is 0. The van der Waals surface area contributed by atoms with Crippen molar-refractivity contribution in [2.24, 2.45) is 0 Å². The Morgan fingerprint density at radius 3 is 2.19 bits per heavy atom. The van der Waals surface area contributed by atoms with Crippen LogP contribution in [-0.4, -0.2) is 26.3 Å². The summed E-state index contributed by atoms with van der Waals surface area (Å²) in [6.45, 7) is 10.9. The Balaban J connectivity index is 0.000000807. The molecule has 2 nitrogen and oxygen atoms in total. The Hall–Kier alpha value is -2.94. The summed E-state index contributed by atoms with van der Waals surface area (Å²) in [6.07, 6.45) is 29.1. The minimum absolute atomic E-state index is 0.123. The Bertz CT molecular complexity index is 1510. The summed E-state index contributed by atoms with van der Waals surface area (Å²) >= 11 is 0. The fraction of sp³-hybridized carbons (Fsp3) is 0.511. The summed E-state index contributed by atoms with van der Waals surface area (Å²) in [7, 11) is 1.83. The van der Waals surface area contributed by atoms with E-state index in [2.05, 4.69) is 119 Å². The van der Waals surface area contributed by atoms with Crippen molar-refractivity contribution < 1.29 is 9.64 Å². The molecule has 2 heteroatoms. The van der Waals surface area contributed by atoms with Gasteiger partial charge in [-0.2, -0.15) is 0 Å². The quantitative estimate of drug-likeness (QED) is 0.220. The fourth-order valence-electron chi connectivity index (χ4n) is 9.40. The standard InChI is InChI=1S/C40H49NO.C5H12/c1-31-23-24-33-18-9-10-19-34(33)38(31)39(25-13-5-14-26-39)32(2)17-7-4-8-22-37-40(27-15-6-16-28-40)35-20-11-12-21-36(35)41(37)29-30-42-3;1-3-5-4-2/h4,7-12,17-24,37H,5-6,13-16,25-30H2,1-3H3;3-5H2,1-2H3/p+1/b7-4+,22-8+,32-17-;. The molecule has 3 aliphatic rings. The van der Waals surface area contributed by atoms with Crippen molar-refractivity contribution >= 4 is 16.5 Å². The van der Waals surface area contributed by atoms with E-state index in [4.69, 9.17) is 4.74 Å². The van der Waals surface area contributed by atoms with Crippen LogP contribution >= 0.6 is 0 Å². The Kier molecular flexibility index (Phi) is 12.7. The van der Waals surface area contributed by atoms with Gasteiger partial charge in [-0.1, -0.05) is 156 Å². The van der Waals surface area contributed by atoms with Gasteiger partial charge in [-0.05, 0) is 73.6 Å². The molecule has 6 rings (SSSR count). The normalized spacial score (nSPS) is 22.1. The van der Waals surface area contributed by atoms with Crippen molar-refractivity contribution in [1.29, 1.82) is 0 Å². The molecule has 0 saturated heterocycles. The first-order valence-electron chi connectivity index (χ1n) is 19.0. The van der Waals surface area contributed by atoms with Gasteiger partial charge in [0.25, 0.3) is 0 Å². The molecule has 2 aliphatic carbocycles. The first kappa shape index (κ1) is 35.4. The van der Waals surface area contributed by atoms with E-state index in [9.17, 15) is 0 Å². The molecule has 3 aromatic rings. The molecule has 2 atom stereocenters. The highest BCUT2D eigenvalue weighted by atomic mass is 16.5. The number of methoxy groups -OCH3 is 1. The minimum Gasteiger partial charge on any atom is -0.379 e. The molecule has 0 amide bonds. The van der Waals surface area contributed by atoms with E-state index < -0.39 is 0 Å². The first-order chi connectivity index (χ1) is 23.0. The number of benzene rings is 3. The van der Waals surface area contributed by atoms with Gasteiger partial charge in [-0.25, -0.2) is 0 Å². The van der Waals surface area contributed by atoms with Crippen LogP contribution in [0.25, 0.3) is 10.8 Å². The topological polar surface area (TPSA) is 13.7 Å². The van der Waals surface area contributed by atoms with E-state index in [-0.39, 0.29) is 10.8 Å². The van der Waals surface area contributed by atoms with E-state index in [0.717, 1.165) is 13.2 Å². The van der Waals surface area contributed by atoms with Gasteiger partial charge in [-0.3, -0.25) is 4.90 Å². The Morgan fingerprint density at radius 1 is 0.809 bits per heavy atom. The molecular formula is C45H62NO+. The largest absolute Gasteiger partial charge is 0.379 e. The van der Waals surface area contributed by atoms with Crippen LogP contribution in [0.5, 0.6) is 0 Å². The third kappa shape index (κ3) is 7.55. The SMILES string of the molecule is CCCCC.COCC[NH+]1c2ccccc2C2(CCCCC2)C1/C=C/C=C/C=C(/C)C1(c2c(C)ccc3ccccc23)CCCCC1. The molecule has 2 fully saturated rings. The molecule has 1 N–H and O–H groups in total. The highest BCUT2D eigenvalue weighted by molar-refractivity contribution is 5.88. The maximum Gasteiger partial charge on any atom is 0.135 e. The second kappa shape index (κ2) is 16.9. The van der Waals surface area contributed by atoms with Gasteiger partial charge in [0.1, 0.15) is 18.3 Å². The maximum absolute atomic E-state index is 5.58. The number of rotatable bonds is 10. The summed E-state index contributed by atoms with van der Waals surface area (Å²) in [4.78, 5) is 1.58. The molecule has 1 spiro atoms. The predicted octanol–water partition coefficient (Wildman–Crippen LogP) is 11.1. The molecule has 0 bridgehead atoms. The second-order valence-corrected chi connectivity index (χ2v) is 14.6. The molecular weight excluding hydrogens is 571 g/mol. The lowest BCUT2D eigenvalue weighted by atomic mass is 9.63. The maximum atomic E-state index is 5.58. The van der Waals surface area contributed by atoms with Crippen molar-refractivity contribution in [2.45, 2.75) is 128 Å². The highest BCUT2D eigenvalue weighted by Gasteiger charge is 2.53. The van der Waals surface area contributed by atoms with E-state index in [1.807, 2.05) is 7.11 Å². The molecule has 0 radical (unpaired) electrons. The van der Waals surface area contributed by atoms with Crippen LogP contribution in [0.3, 0.4) is 0 Å². The molecule has 2 saturated carbocycles. The van der Waals surface area contributed by atoms with Crippen molar-refractivity contribution in [3.05, 3.63) is 113 Å². The van der Waals surface area contributed by atoms with Crippen LogP contribution in [-0.2, 0) is 15.6 Å². The van der Waals surface area contributed by atoms with Gasteiger partial charge in [0, 0.05) is 18.1 Å². The number of quaternary nitrogens is 1. The first-order valence-corrected chi connectivity index (χ1v) is 19.0. The zero-order valence-electron chi connectivity index (χ0n) is 30.3. The van der Waals surface area contributed by atoms with E-state index in [1.165, 1.54) is 111 Å². The van der Waals surface area contributed by atoms with Crippen LogP contribution in [0.4, 0.5) is 5.69 Å². The molecule has 1 aliphatic heterocycles. The van der Waals surface area contributed by atoms with Gasteiger partial charge >= 0.3 is 0 Å². The molecule has 47 heavy (non-hydrogen) atoms. The zero-order valence-corrected chi connectivity index (χ0v) is 30.3. The lowest BCUT2D eigenvalue weighted by Crippen LogP contribution is -3.11. The smallest absolute Gasteiger partial charge is 0.135 e. The minimum atomic E-state index is 0.123. The third-order valence-corrected chi connectivity index (χ3v) is 11.8. The fourth-order valence-corrected chi connectivity index (χ4v) is 9.40. The molecule has 0 aromatic heterocycles. The average Bonchev–Trinajstić information content (AvgIpc) is 3.35. The summed E-state index contributed by atoms with van der Waals surface area (Å²) in [5.41, 5.74) is 7.98. The monoisotopic (exact) mass is 632 g/mol. The van der Waals surface area contributed by atoms with Crippen LogP contribution < -0.4 is 4.90 Å². The Labute approximate surface area is 287 Å². The predicted molar refractivity (Wildman–Crippen MR) is 203 cm³/mol. The van der Waals surface area contributed by atoms with Gasteiger partial charge in [0.15, 0.2) is 0 Å². The number of fused-ring (bicyclic) bond motifs is 3. The third-order valence-electron chi connectivity index (χ3n) is 11.8. The van der Waals surface area contributed by atoms with Gasteiger partial charge in [-0.15, -0.1) is 0 Å². The zero-order chi connectivity index (χ0) is 33.1. The molecule has 3 aromatic carbocycles. The summed E-state index contributed by atoms with van der Waals surface area (Å²) in [5, 5.41) is 2.80. The van der Waals surface area contributed by atoms with Crippen molar-refractivity contribution in [2.75, 3.05) is 20.3 Å². The average molecular weight is 633 g/mol. The van der Waals surface area contributed by atoms with Crippen LogP contribution in [0.15, 0.2) is 96.6 Å². The number of hydrogen-bond donors (Lipinski definition) is 1. The number of allylic oxidation sites excluding steroid dienone is 5. The van der Waals surface area contributed by atoms with E-state index in [1.54, 1.807) is 16.0 Å². The molecule has 2 unspecified atom stereocenters. The van der Waals surface area contributed by atoms with E-state index in [0.29, 0.717) is 6.04 Å². The number of para-hydroxylation sites is 1. The van der Waals surface area contributed by atoms with Gasteiger partial charge < -0.3 is 4.74 Å². The van der Waals surface area contributed by atoms with Crippen molar-refractivity contribution in [3.63, 3.8) is 0 Å². The number of ether oxygens (including phenoxy) is 1. The van der Waals surface area contributed by atoms with Crippen LogP contribution in [0.1, 0.15) is 121 Å². The van der Waals surface area contributed by atoms with Gasteiger partial charge in [0.2, 0.25) is 0 Å². The second-order valence-electron chi connectivity index (χ2n) is 14.6. The van der Waals surface area contributed by atoms with Crippen LogP contribution in [0, 0.1) is 6.92 Å². The van der Waals surface area contributed by atoms with Gasteiger partial charge in [0.05, 0.1) is 12.0 Å². The number of nitrogens with one attached hydrogen (secondary N) is 1. The molecule has 1 heterocycles.